The highest BCUT2D eigenvalue weighted by Gasteiger charge is 2.23. The third-order valence-corrected chi connectivity index (χ3v) is 1.80. The summed E-state index contributed by atoms with van der Waals surface area (Å²) in [6.07, 6.45) is 2.49. The fourth-order valence-corrected chi connectivity index (χ4v) is 1.20. The van der Waals surface area contributed by atoms with Crippen molar-refractivity contribution in [2.75, 3.05) is 0 Å². The van der Waals surface area contributed by atoms with E-state index in [2.05, 4.69) is 10.1 Å². The van der Waals surface area contributed by atoms with Crippen LogP contribution in [0.1, 0.15) is 18.7 Å². The zero-order chi connectivity index (χ0) is 10.7. The Bertz CT molecular complexity index is 405. The second kappa shape index (κ2) is 3.80. The Balaban J connectivity index is 3.23. The van der Waals surface area contributed by atoms with E-state index in [0.717, 1.165) is 6.20 Å². The van der Waals surface area contributed by atoms with Gasteiger partial charge in [-0.25, -0.2) is 4.79 Å². The zero-order valence-corrected chi connectivity index (χ0v) is 7.67. The molecule has 0 amide bonds. The standard InChI is InChI=1S/C7H8N4O3/c1-5(8-4-12)7-6(11(13)14)3-9-10(7)2/h3,5H,1-2H3. The van der Waals surface area contributed by atoms with Crippen molar-refractivity contribution in [1.82, 2.24) is 9.78 Å². The fraction of sp³-hybridized carbons (Fsp3) is 0.429. The summed E-state index contributed by atoms with van der Waals surface area (Å²) in [5.41, 5.74) is 0.150. The Hall–Kier alpha value is -2.01. The monoisotopic (exact) mass is 196 g/mol. The van der Waals surface area contributed by atoms with Crippen LogP contribution in [0.4, 0.5) is 5.69 Å². The number of nitrogens with zero attached hydrogens (tertiary/aromatic N) is 4. The smallest absolute Gasteiger partial charge is 0.263 e. The molecule has 1 heterocycles. The molecule has 0 radical (unpaired) electrons. The van der Waals surface area contributed by atoms with Gasteiger partial charge in [0.2, 0.25) is 6.08 Å². The molecule has 7 heteroatoms. The van der Waals surface area contributed by atoms with Gasteiger partial charge in [0, 0.05) is 7.05 Å². The summed E-state index contributed by atoms with van der Waals surface area (Å²) in [6.45, 7) is 1.56. The average Bonchev–Trinajstić information content (AvgIpc) is 2.47. The summed E-state index contributed by atoms with van der Waals surface area (Å²) in [6, 6.07) is -0.611. The van der Waals surface area contributed by atoms with Crippen molar-refractivity contribution in [1.29, 1.82) is 0 Å². The molecule has 0 aromatic carbocycles. The number of carbonyl (C=O) groups excluding carboxylic acids is 1. The second-order valence-electron chi connectivity index (χ2n) is 2.69. The molecule has 1 aromatic rings. The SMILES string of the molecule is CC(N=C=O)c1c([N+](=O)[O-])cnn1C. The van der Waals surface area contributed by atoms with E-state index in [-0.39, 0.29) is 5.69 Å². The van der Waals surface area contributed by atoms with Gasteiger partial charge in [0.25, 0.3) is 0 Å². The van der Waals surface area contributed by atoms with Gasteiger partial charge in [-0.05, 0) is 6.92 Å². The van der Waals surface area contributed by atoms with E-state index < -0.39 is 11.0 Å². The Morgan fingerprint density at radius 2 is 2.43 bits per heavy atom. The van der Waals surface area contributed by atoms with Crippen molar-refractivity contribution in [2.24, 2.45) is 12.0 Å². The lowest BCUT2D eigenvalue weighted by Gasteiger charge is -2.03. The first-order valence-electron chi connectivity index (χ1n) is 3.81. The van der Waals surface area contributed by atoms with E-state index in [1.54, 1.807) is 14.0 Å². The summed E-state index contributed by atoms with van der Waals surface area (Å²) in [5, 5.41) is 14.3. The van der Waals surface area contributed by atoms with Crippen LogP contribution in [0, 0.1) is 10.1 Å². The van der Waals surface area contributed by atoms with Crippen LogP contribution >= 0.6 is 0 Å². The molecule has 1 aromatic heterocycles. The van der Waals surface area contributed by atoms with Crippen LogP contribution in [0.5, 0.6) is 0 Å². The van der Waals surface area contributed by atoms with Crippen molar-refractivity contribution < 1.29 is 9.72 Å². The van der Waals surface area contributed by atoms with Crippen LogP contribution in [-0.2, 0) is 11.8 Å². The van der Waals surface area contributed by atoms with Crippen LogP contribution in [0.15, 0.2) is 11.2 Å². The third kappa shape index (κ3) is 1.67. The van der Waals surface area contributed by atoms with E-state index in [4.69, 9.17) is 0 Å². The summed E-state index contributed by atoms with van der Waals surface area (Å²) >= 11 is 0. The van der Waals surface area contributed by atoms with Crippen LogP contribution in [-0.4, -0.2) is 20.8 Å². The minimum absolute atomic E-state index is 0.140. The van der Waals surface area contributed by atoms with Crippen LogP contribution < -0.4 is 0 Å². The highest BCUT2D eigenvalue weighted by Crippen LogP contribution is 2.25. The van der Waals surface area contributed by atoms with E-state index in [9.17, 15) is 14.9 Å². The molecule has 0 saturated heterocycles. The first-order chi connectivity index (χ1) is 6.57. The van der Waals surface area contributed by atoms with Gasteiger partial charge in [0.1, 0.15) is 17.9 Å². The summed E-state index contributed by atoms with van der Waals surface area (Å²) in [4.78, 5) is 23.4. The Kier molecular flexibility index (Phi) is 2.73. The van der Waals surface area contributed by atoms with Crippen LogP contribution in [0.3, 0.4) is 0 Å². The highest BCUT2D eigenvalue weighted by molar-refractivity contribution is 5.39. The molecule has 0 aliphatic heterocycles. The van der Waals surface area contributed by atoms with E-state index in [0.29, 0.717) is 5.69 Å². The van der Waals surface area contributed by atoms with Crippen molar-refractivity contribution in [2.45, 2.75) is 13.0 Å². The maximum absolute atomic E-state index is 10.6. The summed E-state index contributed by atoms with van der Waals surface area (Å²) in [7, 11) is 1.55. The van der Waals surface area contributed by atoms with Gasteiger partial charge < -0.3 is 0 Å². The largest absolute Gasteiger partial charge is 0.312 e. The predicted octanol–water partition coefficient (Wildman–Crippen LogP) is 0.725. The van der Waals surface area contributed by atoms with Gasteiger partial charge in [-0.2, -0.15) is 10.1 Å². The molecule has 0 aliphatic rings. The number of aryl methyl sites for hydroxylation is 1. The molecular weight excluding hydrogens is 188 g/mol. The predicted molar refractivity (Wildman–Crippen MR) is 46.4 cm³/mol. The molecule has 0 bridgehead atoms. The highest BCUT2D eigenvalue weighted by atomic mass is 16.6. The topological polar surface area (TPSA) is 90.4 Å². The minimum atomic E-state index is -0.611. The first-order valence-corrected chi connectivity index (χ1v) is 3.81. The van der Waals surface area contributed by atoms with E-state index >= 15 is 0 Å². The molecule has 1 atom stereocenters. The van der Waals surface area contributed by atoms with Crippen molar-refractivity contribution in [3.8, 4) is 0 Å². The van der Waals surface area contributed by atoms with Gasteiger partial charge in [-0.3, -0.25) is 14.8 Å². The molecule has 74 valence electrons. The molecule has 0 N–H and O–H groups in total. The van der Waals surface area contributed by atoms with E-state index in [1.807, 2.05) is 0 Å². The summed E-state index contributed by atoms with van der Waals surface area (Å²) in [5.74, 6) is 0. The number of nitro groups is 1. The lowest BCUT2D eigenvalue weighted by molar-refractivity contribution is -0.385. The lowest BCUT2D eigenvalue weighted by Crippen LogP contribution is -2.03. The van der Waals surface area contributed by atoms with Crippen LogP contribution in [0.2, 0.25) is 0 Å². The average molecular weight is 196 g/mol. The fourth-order valence-electron chi connectivity index (χ4n) is 1.20. The maximum Gasteiger partial charge on any atom is 0.312 e. The van der Waals surface area contributed by atoms with Gasteiger partial charge >= 0.3 is 5.69 Å². The number of hydrogen-bond acceptors (Lipinski definition) is 5. The molecule has 0 saturated carbocycles. The van der Waals surface area contributed by atoms with Gasteiger partial charge in [-0.1, -0.05) is 0 Å². The zero-order valence-electron chi connectivity index (χ0n) is 7.67. The Labute approximate surface area is 79.2 Å². The number of rotatable bonds is 3. The third-order valence-electron chi connectivity index (χ3n) is 1.80. The van der Waals surface area contributed by atoms with Crippen molar-refractivity contribution >= 4 is 11.8 Å². The normalized spacial score (nSPS) is 11.9. The van der Waals surface area contributed by atoms with Gasteiger partial charge in [0.05, 0.1) is 4.92 Å². The molecule has 0 fully saturated rings. The van der Waals surface area contributed by atoms with Crippen LogP contribution in [0.25, 0.3) is 0 Å². The van der Waals surface area contributed by atoms with Crippen molar-refractivity contribution in [3.63, 3.8) is 0 Å². The number of aliphatic imine (C=N–C) groups is 1. The number of isocyanates is 1. The maximum atomic E-state index is 10.6. The summed E-state index contributed by atoms with van der Waals surface area (Å²) < 4.78 is 1.32. The molecule has 7 nitrogen and oxygen atoms in total. The molecule has 1 rings (SSSR count). The second-order valence-corrected chi connectivity index (χ2v) is 2.69. The minimum Gasteiger partial charge on any atom is -0.263 e. The lowest BCUT2D eigenvalue weighted by atomic mass is 10.2. The van der Waals surface area contributed by atoms with E-state index in [1.165, 1.54) is 10.8 Å². The molecular formula is C7H8N4O3. The number of aromatic nitrogens is 2. The Morgan fingerprint density at radius 1 is 1.79 bits per heavy atom. The molecule has 1 unspecified atom stereocenters. The first kappa shape index (κ1) is 10.1. The molecule has 0 spiro atoms. The van der Waals surface area contributed by atoms with Crippen molar-refractivity contribution in [3.05, 3.63) is 22.0 Å². The van der Waals surface area contributed by atoms with Gasteiger partial charge in [-0.15, -0.1) is 0 Å². The van der Waals surface area contributed by atoms with Gasteiger partial charge in [0.15, 0.2) is 0 Å². The molecule has 14 heavy (non-hydrogen) atoms. The molecule has 0 aliphatic carbocycles. The quantitative estimate of drug-likeness (QED) is 0.308. The Morgan fingerprint density at radius 3 is 2.93 bits per heavy atom. The number of hydrogen-bond donors (Lipinski definition) is 0.